The van der Waals surface area contributed by atoms with Crippen LogP contribution >= 0.6 is 15.9 Å². The second-order valence-corrected chi connectivity index (χ2v) is 5.29. The van der Waals surface area contributed by atoms with Crippen LogP contribution in [0, 0.1) is 24.0 Å². The van der Waals surface area contributed by atoms with E-state index in [1.165, 1.54) is 10.9 Å². The van der Waals surface area contributed by atoms with Crippen molar-refractivity contribution in [2.45, 2.75) is 33.0 Å². The molecule has 0 amide bonds. The van der Waals surface area contributed by atoms with Crippen molar-refractivity contribution in [3.63, 3.8) is 0 Å². The van der Waals surface area contributed by atoms with Crippen molar-refractivity contribution < 1.29 is 10.0 Å². The fraction of sp³-hybridized carbons (Fsp3) is 0.455. The molecule has 0 saturated carbocycles. The maximum atomic E-state index is 10.5. The van der Waals surface area contributed by atoms with E-state index >= 15 is 0 Å². The van der Waals surface area contributed by atoms with Crippen molar-refractivity contribution in [1.82, 2.24) is 19.6 Å². The minimum atomic E-state index is -0.737. The van der Waals surface area contributed by atoms with E-state index < -0.39 is 11.0 Å². The molecule has 2 aromatic heterocycles. The monoisotopic (exact) mass is 343 g/mol. The van der Waals surface area contributed by atoms with E-state index in [0.29, 0.717) is 6.54 Å². The SMILES string of the molecule is Cc1nn(C[C@H](O)Cn2cc([N+](=O)[O-])cn2)c(C)c1Br. The topological polar surface area (TPSA) is 99.0 Å². The van der Waals surface area contributed by atoms with Gasteiger partial charge < -0.3 is 5.11 Å². The maximum Gasteiger partial charge on any atom is 0.306 e. The van der Waals surface area contributed by atoms with Crippen molar-refractivity contribution in [2.24, 2.45) is 0 Å². The van der Waals surface area contributed by atoms with Crippen LogP contribution in [-0.2, 0) is 13.1 Å². The van der Waals surface area contributed by atoms with Crippen molar-refractivity contribution in [3.05, 3.63) is 38.4 Å². The van der Waals surface area contributed by atoms with E-state index in [1.807, 2.05) is 13.8 Å². The highest BCUT2D eigenvalue weighted by molar-refractivity contribution is 9.10. The number of nitro groups is 1. The van der Waals surface area contributed by atoms with Crippen LogP contribution in [0.1, 0.15) is 11.4 Å². The standard InChI is InChI=1S/C11H14BrN5O3/c1-7-11(12)8(2)16(14-7)6-10(18)5-15-4-9(3-13-15)17(19)20/h3-4,10,18H,5-6H2,1-2H3/t10-/m1/s1. The summed E-state index contributed by atoms with van der Waals surface area (Å²) in [7, 11) is 0. The second-order valence-electron chi connectivity index (χ2n) is 4.50. The summed E-state index contributed by atoms with van der Waals surface area (Å²) in [5.74, 6) is 0. The van der Waals surface area contributed by atoms with Gasteiger partial charge in [-0.1, -0.05) is 0 Å². The Bertz CT molecular complexity index is 636. The lowest BCUT2D eigenvalue weighted by molar-refractivity contribution is -0.385. The Labute approximate surface area is 123 Å². The van der Waals surface area contributed by atoms with Gasteiger partial charge in [0.2, 0.25) is 0 Å². The first kappa shape index (κ1) is 14.7. The van der Waals surface area contributed by atoms with Gasteiger partial charge in [0.1, 0.15) is 12.4 Å². The molecule has 0 radical (unpaired) electrons. The van der Waals surface area contributed by atoms with Gasteiger partial charge in [-0.3, -0.25) is 19.5 Å². The number of rotatable bonds is 5. The average Bonchev–Trinajstić information content (AvgIpc) is 2.92. The molecule has 0 fully saturated rings. The van der Waals surface area contributed by atoms with Crippen molar-refractivity contribution >= 4 is 21.6 Å². The van der Waals surface area contributed by atoms with Crippen molar-refractivity contribution in [1.29, 1.82) is 0 Å². The molecule has 1 atom stereocenters. The quantitative estimate of drug-likeness (QED) is 0.653. The number of halogens is 1. The van der Waals surface area contributed by atoms with E-state index in [1.54, 1.807) is 4.68 Å². The smallest absolute Gasteiger partial charge is 0.306 e. The van der Waals surface area contributed by atoms with E-state index in [2.05, 4.69) is 26.1 Å². The Morgan fingerprint density at radius 2 is 2.20 bits per heavy atom. The predicted octanol–water partition coefficient (Wildman–Crippen LogP) is 1.43. The normalized spacial score (nSPS) is 12.6. The van der Waals surface area contributed by atoms with E-state index in [4.69, 9.17) is 0 Å². The molecule has 108 valence electrons. The fourth-order valence-electron chi connectivity index (χ4n) is 1.87. The first-order valence-electron chi connectivity index (χ1n) is 5.93. The summed E-state index contributed by atoms with van der Waals surface area (Å²) in [4.78, 5) is 10.0. The van der Waals surface area contributed by atoms with Crippen molar-refractivity contribution in [3.8, 4) is 0 Å². The number of aromatic nitrogens is 4. The number of aryl methyl sites for hydroxylation is 1. The first-order valence-corrected chi connectivity index (χ1v) is 6.72. The Hall–Kier alpha value is -1.74. The molecular formula is C11H14BrN5O3. The molecule has 0 bridgehead atoms. The Morgan fingerprint density at radius 1 is 1.50 bits per heavy atom. The number of nitrogens with zero attached hydrogens (tertiary/aromatic N) is 5. The summed E-state index contributed by atoms with van der Waals surface area (Å²) in [6.07, 6.45) is 1.71. The lowest BCUT2D eigenvalue weighted by atomic mass is 10.3. The summed E-state index contributed by atoms with van der Waals surface area (Å²) < 4.78 is 3.96. The van der Waals surface area contributed by atoms with Gasteiger partial charge in [-0.2, -0.15) is 10.2 Å². The molecule has 2 aromatic rings. The Balaban J connectivity index is 2.02. The largest absolute Gasteiger partial charge is 0.389 e. The molecule has 1 N–H and O–H groups in total. The number of aliphatic hydroxyl groups is 1. The van der Waals surface area contributed by atoms with Gasteiger partial charge in [0.25, 0.3) is 0 Å². The van der Waals surface area contributed by atoms with Crippen LogP contribution in [0.25, 0.3) is 0 Å². The summed E-state index contributed by atoms with van der Waals surface area (Å²) in [6.45, 7) is 4.24. The zero-order chi connectivity index (χ0) is 14.9. The van der Waals surface area contributed by atoms with Crippen LogP contribution < -0.4 is 0 Å². The molecule has 0 spiro atoms. The van der Waals surface area contributed by atoms with Gasteiger partial charge in [0.05, 0.1) is 34.3 Å². The predicted molar refractivity (Wildman–Crippen MR) is 74.3 cm³/mol. The molecule has 0 aliphatic carbocycles. The number of aliphatic hydroxyl groups excluding tert-OH is 1. The van der Waals surface area contributed by atoms with E-state index in [9.17, 15) is 15.2 Å². The van der Waals surface area contributed by atoms with Gasteiger partial charge in [-0.15, -0.1) is 0 Å². The van der Waals surface area contributed by atoms with Crippen LogP contribution in [0.5, 0.6) is 0 Å². The number of hydrogen-bond acceptors (Lipinski definition) is 5. The lowest BCUT2D eigenvalue weighted by Crippen LogP contribution is -2.23. The average molecular weight is 344 g/mol. The molecule has 2 heterocycles. The first-order chi connectivity index (χ1) is 9.38. The van der Waals surface area contributed by atoms with Crippen molar-refractivity contribution in [2.75, 3.05) is 0 Å². The van der Waals surface area contributed by atoms with Gasteiger partial charge in [-0.05, 0) is 29.8 Å². The number of hydrogen-bond donors (Lipinski definition) is 1. The van der Waals surface area contributed by atoms with Crippen LogP contribution in [0.15, 0.2) is 16.9 Å². The Kier molecular flexibility index (Phi) is 4.19. The summed E-state index contributed by atoms with van der Waals surface area (Å²) in [5.41, 5.74) is 1.68. The minimum absolute atomic E-state index is 0.0916. The van der Waals surface area contributed by atoms with E-state index in [0.717, 1.165) is 22.1 Å². The molecule has 0 aliphatic heterocycles. The molecule has 8 nitrogen and oxygen atoms in total. The Morgan fingerprint density at radius 3 is 2.70 bits per heavy atom. The highest BCUT2D eigenvalue weighted by atomic mass is 79.9. The fourth-order valence-corrected chi connectivity index (χ4v) is 2.16. The molecule has 9 heteroatoms. The minimum Gasteiger partial charge on any atom is -0.389 e. The third-order valence-corrected chi connectivity index (χ3v) is 4.05. The summed E-state index contributed by atoms with van der Waals surface area (Å²) in [5, 5.41) is 28.7. The molecule has 2 rings (SSSR count). The van der Waals surface area contributed by atoms with Crippen LogP contribution in [0.3, 0.4) is 0 Å². The van der Waals surface area contributed by atoms with Crippen LogP contribution in [0.4, 0.5) is 5.69 Å². The van der Waals surface area contributed by atoms with Gasteiger partial charge in [0.15, 0.2) is 0 Å². The third kappa shape index (κ3) is 3.05. The second kappa shape index (κ2) is 5.71. The summed E-state index contributed by atoms with van der Waals surface area (Å²) >= 11 is 3.42. The molecule has 20 heavy (non-hydrogen) atoms. The zero-order valence-corrected chi connectivity index (χ0v) is 12.6. The maximum absolute atomic E-state index is 10.5. The molecule has 0 aromatic carbocycles. The highest BCUT2D eigenvalue weighted by Crippen LogP contribution is 2.20. The van der Waals surface area contributed by atoms with Gasteiger partial charge in [0, 0.05) is 5.69 Å². The van der Waals surface area contributed by atoms with Gasteiger partial charge >= 0.3 is 5.69 Å². The van der Waals surface area contributed by atoms with Crippen LogP contribution in [-0.4, -0.2) is 35.7 Å². The lowest BCUT2D eigenvalue weighted by Gasteiger charge is -2.11. The summed E-state index contributed by atoms with van der Waals surface area (Å²) in [6, 6.07) is 0. The zero-order valence-electron chi connectivity index (χ0n) is 11.0. The third-order valence-electron chi connectivity index (χ3n) is 2.91. The highest BCUT2D eigenvalue weighted by Gasteiger charge is 2.15. The molecule has 0 unspecified atom stereocenters. The molecular weight excluding hydrogens is 330 g/mol. The van der Waals surface area contributed by atoms with Crippen LogP contribution in [0.2, 0.25) is 0 Å². The van der Waals surface area contributed by atoms with Gasteiger partial charge in [-0.25, -0.2) is 0 Å². The molecule has 0 aliphatic rings. The van der Waals surface area contributed by atoms with E-state index in [-0.39, 0.29) is 12.2 Å². The molecule has 0 saturated heterocycles.